The molecule has 0 aliphatic rings. The predicted molar refractivity (Wildman–Crippen MR) is 101 cm³/mol. The fourth-order valence-electron chi connectivity index (χ4n) is 2.19. The molecule has 1 amide bonds. The van der Waals surface area contributed by atoms with Crippen LogP contribution in [0.15, 0.2) is 36.4 Å². The van der Waals surface area contributed by atoms with Crippen molar-refractivity contribution >= 4 is 34.2 Å². The van der Waals surface area contributed by atoms with Gasteiger partial charge in [-0.05, 0) is 65.8 Å². The highest BCUT2D eigenvalue weighted by Gasteiger charge is 2.15. The van der Waals surface area contributed by atoms with Crippen molar-refractivity contribution in [1.82, 2.24) is 0 Å². The second kappa shape index (κ2) is 8.19. The molecule has 0 bridgehead atoms. The average Bonchev–Trinajstić information content (AvgIpc) is 2.55. The van der Waals surface area contributed by atoms with E-state index in [0.29, 0.717) is 23.7 Å². The maximum atomic E-state index is 12.5. The van der Waals surface area contributed by atoms with Crippen LogP contribution in [0.2, 0.25) is 0 Å². The minimum atomic E-state index is -0.171. The van der Waals surface area contributed by atoms with Crippen LogP contribution in [-0.4, -0.2) is 19.6 Å². The molecular formula is C18H20INO3. The lowest BCUT2D eigenvalue weighted by atomic mass is 10.1. The molecule has 0 fully saturated rings. The maximum absolute atomic E-state index is 12.5. The summed E-state index contributed by atoms with van der Waals surface area (Å²) in [6, 6.07) is 11.3. The van der Waals surface area contributed by atoms with Crippen LogP contribution in [0.1, 0.15) is 29.8 Å². The fraction of sp³-hybridized carbons (Fsp3) is 0.278. The molecule has 1 N–H and O–H groups in total. The van der Waals surface area contributed by atoms with Crippen LogP contribution in [0.5, 0.6) is 11.5 Å². The molecular weight excluding hydrogens is 405 g/mol. The lowest BCUT2D eigenvalue weighted by molar-refractivity contribution is 0.102. The Kier molecular flexibility index (Phi) is 6.27. The Bertz CT molecular complexity index is 683. The Hall–Kier alpha value is -1.76. The highest BCUT2D eigenvalue weighted by molar-refractivity contribution is 14.1. The third-order valence-electron chi connectivity index (χ3n) is 3.40. The number of hydrogen-bond acceptors (Lipinski definition) is 3. The Balaban J connectivity index is 2.24. The van der Waals surface area contributed by atoms with Gasteiger partial charge in [-0.25, -0.2) is 0 Å². The van der Waals surface area contributed by atoms with Gasteiger partial charge in [0.25, 0.3) is 5.91 Å². The van der Waals surface area contributed by atoms with Crippen molar-refractivity contribution in [2.75, 3.05) is 19.0 Å². The normalized spacial score (nSPS) is 10.3. The number of benzene rings is 2. The van der Waals surface area contributed by atoms with E-state index in [0.717, 1.165) is 15.7 Å². The van der Waals surface area contributed by atoms with Gasteiger partial charge in [-0.15, -0.1) is 0 Å². The minimum absolute atomic E-state index is 0.171. The van der Waals surface area contributed by atoms with Gasteiger partial charge in [0, 0.05) is 11.3 Å². The molecule has 0 heterocycles. The molecule has 2 rings (SSSR count). The van der Waals surface area contributed by atoms with Gasteiger partial charge in [0.15, 0.2) is 11.5 Å². The molecule has 5 heteroatoms. The van der Waals surface area contributed by atoms with Gasteiger partial charge in [0.1, 0.15) is 0 Å². The van der Waals surface area contributed by atoms with Crippen LogP contribution in [0.3, 0.4) is 0 Å². The largest absolute Gasteiger partial charge is 0.492 e. The van der Waals surface area contributed by atoms with E-state index in [-0.39, 0.29) is 5.91 Å². The number of halogens is 1. The molecule has 0 unspecified atom stereocenters. The van der Waals surface area contributed by atoms with Crippen molar-refractivity contribution in [2.45, 2.75) is 20.3 Å². The smallest absolute Gasteiger partial charge is 0.255 e. The van der Waals surface area contributed by atoms with Crippen LogP contribution < -0.4 is 14.8 Å². The van der Waals surface area contributed by atoms with E-state index in [1.807, 2.05) is 31.2 Å². The van der Waals surface area contributed by atoms with Crippen molar-refractivity contribution in [3.05, 3.63) is 51.1 Å². The second-order valence-corrected chi connectivity index (χ2v) is 6.09. The number of hydrogen-bond donors (Lipinski definition) is 1. The van der Waals surface area contributed by atoms with Gasteiger partial charge in [-0.2, -0.15) is 0 Å². The van der Waals surface area contributed by atoms with Gasteiger partial charge in [-0.1, -0.05) is 19.1 Å². The summed E-state index contributed by atoms with van der Waals surface area (Å²) in [5, 5.41) is 2.90. The summed E-state index contributed by atoms with van der Waals surface area (Å²) in [6.45, 7) is 4.51. The zero-order chi connectivity index (χ0) is 16.8. The molecule has 2 aromatic carbocycles. The Morgan fingerprint density at radius 3 is 2.43 bits per heavy atom. The SMILES string of the molecule is CCOc1cc(C(=O)Nc2ccc(CC)cc2)cc(I)c1OC. The summed E-state index contributed by atoms with van der Waals surface area (Å²) >= 11 is 2.14. The summed E-state index contributed by atoms with van der Waals surface area (Å²) < 4.78 is 11.7. The molecule has 0 saturated heterocycles. The van der Waals surface area contributed by atoms with E-state index < -0.39 is 0 Å². The highest BCUT2D eigenvalue weighted by atomic mass is 127. The van der Waals surface area contributed by atoms with Gasteiger partial charge in [0.2, 0.25) is 0 Å². The first-order valence-corrected chi connectivity index (χ1v) is 8.57. The zero-order valence-electron chi connectivity index (χ0n) is 13.5. The topological polar surface area (TPSA) is 47.6 Å². The van der Waals surface area contributed by atoms with Crippen molar-refractivity contribution in [3.63, 3.8) is 0 Å². The van der Waals surface area contributed by atoms with Gasteiger partial charge in [0.05, 0.1) is 17.3 Å². The first-order chi connectivity index (χ1) is 11.1. The van der Waals surface area contributed by atoms with E-state index in [4.69, 9.17) is 9.47 Å². The number of aryl methyl sites for hydroxylation is 1. The van der Waals surface area contributed by atoms with Crippen molar-refractivity contribution in [1.29, 1.82) is 0 Å². The number of ether oxygens (including phenoxy) is 2. The first kappa shape index (κ1) is 17.6. The summed E-state index contributed by atoms with van der Waals surface area (Å²) in [7, 11) is 1.59. The molecule has 0 aliphatic carbocycles. The predicted octanol–water partition coefficient (Wildman–Crippen LogP) is 4.51. The molecule has 122 valence electrons. The van der Waals surface area contributed by atoms with Crippen LogP contribution in [0.4, 0.5) is 5.69 Å². The van der Waals surface area contributed by atoms with E-state index in [1.165, 1.54) is 5.56 Å². The van der Waals surface area contributed by atoms with Crippen molar-refractivity contribution in [2.24, 2.45) is 0 Å². The first-order valence-electron chi connectivity index (χ1n) is 7.49. The summed E-state index contributed by atoms with van der Waals surface area (Å²) in [5.74, 6) is 1.06. The van der Waals surface area contributed by atoms with Crippen LogP contribution in [-0.2, 0) is 6.42 Å². The number of rotatable bonds is 6. The molecule has 0 atom stereocenters. The number of carbonyl (C=O) groups excluding carboxylic acids is 1. The Morgan fingerprint density at radius 2 is 1.87 bits per heavy atom. The van der Waals surface area contributed by atoms with Crippen LogP contribution in [0.25, 0.3) is 0 Å². The summed E-state index contributed by atoms with van der Waals surface area (Å²) in [6.07, 6.45) is 0.975. The molecule has 4 nitrogen and oxygen atoms in total. The molecule has 2 aromatic rings. The van der Waals surface area contributed by atoms with Crippen molar-refractivity contribution in [3.8, 4) is 11.5 Å². The maximum Gasteiger partial charge on any atom is 0.255 e. The fourth-order valence-corrected chi connectivity index (χ4v) is 3.01. The Morgan fingerprint density at radius 1 is 1.17 bits per heavy atom. The molecule has 0 aliphatic heterocycles. The van der Waals surface area contributed by atoms with Gasteiger partial charge >= 0.3 is 0 Å². The van der Waals surface area contributed by atoms with E-state index >= 15 is 0 Å². The quantitative estimate of drug-likeness (QED) is 0.693. The third kappa shape index (κ3) is 4.37. The number of methoxy groups -OCH3 is 1. The minimum Gasteiger partial charge on any atom is -0.492 e. The number of nitrogens with one attached hydrogen (secondary N) is 1. The lowest BCUT2D eigenvalue weighted by Crippen LogP contribution is -2.13. The van der Waals surface area contributed by atoms with E-state index in [1.54, 1.807) is 19.2 Å². The standard InChI is InChI=1S/C18H20INO3/c1-4-12-6-8-14(9-7-12)20-18(21)13-10-15(19)17(22-3)16(11-13)23-5-2/h6-11H,4-5H2,1-3H3,(H,20,21). The molecule has 0 saturated carbocycles. The number of anilines is 1. The second-order valence-electron chi connectivity index (χ2n) is 4.93. The lowest BCUT2D eigenvalue weighted by Gasteiger charge is -2.13. The highest BCUT2D eigenvalue weighted by Crippen LogP contribution is 2.34. The third-order valence-corrected chi connectivity index (χ3v) is 4.20. The van der Waals surface area contributed by atoms with Crippen LogP contribution in [0, 0.1) is 3.57 Å². The van der Waals surface area contributed by atoms with E-state index in [2.05, 4.69) is 34.8 Å². The molecule has 0 radical (unpaired) electrons. The van der Waals surface area contributed by atoms with Crippen LogP contribution >= 0.6 is 22.6 Å². The summed E-state index contributed by atoms with van der Waals surface area (Å²) in [5.41, 5.74) is 2.55. The Labute approximate surface area is 150 Å². The molecule has 0 aromatic heterocycles. The zero-order valence-corrected chi connectivity index (χ0v) is 15.6. The van der Waals surface area contributed by atoms with E-state index in [9.17, 15) is 4.79 Å². The molecule has 0 spiro atoms. The average molecular weight is 425 g/mol. The van der Waals surface area contributed by atoms with Gasteiger partial charge < -0.3 is 14.8 Å². The van der Waals surface area contributed by atoms with Gasteiger partial charge in [-0.3, -0.25) is 4.79 Å². The molecule has 23 heavy (non-hydrogen) atoms. The number of carbonyl (C=O) groups is 1. The number of amides is 1. The monoisotopic (exact) mass is 425 g/mol. The van der Waals surface area contributed by atoms with Crippen molar-refractivity contribution < 1.29 is 14.3 Å². The summed E-state index contributed by atoms with van der Waals surface area (Å²) in [4.78, 5) is 12.5.